The zero-order valence-electron chi connectivity index (χ0n) is 42.7. The second-order valence-electron chi connectivity index (χ2n) is 18.9. The summed E-state index contributed by atoms with van der Waals surface area (Å²) in [4.78, 5) is 23.2. The number of likely N-dealkylation sites (N-methyl/N-ethyl adjacent to an activating group) is 1. The highest BCUT2D eigenvalue weighted by Gasteiger charge is 2.27. The molecule has 0 radical (unpaired) electrons. The Morgan fingerprint density at radius 1 is 0.538 bits per heavy atom. The van der Waals surface area contributed by atoms with E-state index in [0.29, 0.717) is 23.9 Å². The maximum absolute atomic E-state index is 12.9. The summed E-state index contributed by atoms with van der Waals surface area (Å²) in [5.41, 5.74) is 0. The number of aliphatic hydroxyl groups is 1. The van der Waals surface area contributed by atoms with Gasteiger partial charge in [-0.3, -0.25) is 13.8 Å². The van der Waals surface area contributed by atoms with E-state index in [1.165, 1.54) is 116 Å². The Balaban J connectivity index is 4.40. The average Bonchev–Trinajstić information content (AvgIpc) is 3.26. The summed E-state index contributed by atoms with van der Waals surface area (Å²) in [5.74, 6) is -0.221. The first kappa shape index (κ1) is 62.7. The van der Waals surface area contributed by atoms with Crippen LogP contribution < -0.4 is 5.32 Å². The van der Waals surface area contributed by atoms with Crippen LogP contribution in [0.4, 0.5) is 0 Å². The summed E-state index contributed by atoms with van der Waals surface area (Å²) in [7, 11) is 1.53. The van der Waals surface area contributed by atoms with E-state index in [1.54, 1.807) is 6.08 Å². The fraction of sp³-hybridized carbons (Fsp3) is 0.732. The number of hydrogen-bond acceptors (Lipinski definition) is 5. The minimum absolute atomic E-state index is 0.0486. The molecule has 0 aromatic heterocycles. The molecule has 3 atom stereocenters. The van der Waals surface area contributed by atoms with Gasteiger partial charge in [0.15, 0.2) is 0 Å². The fourth-order valence-electron chi connectivity index (χ4n) is 7.22. The summed E-state index contributed by atoms with van der Waals surface area (Å²) >= 11 is 0. The number of allylic oxidation sites excluding steroid dienone is 13. The van der Waals surface area contributed by atoms with Gasteiger partial charge in [-0.1, -0.05) is 221 Å². The fourth-order valence-corrected chi connectivity index (χ4v) is 7.96. The van der Waals surface area contributed by atoms with Crippen LogP contribution in [0, 0.1) is 0 Å². The van der Waals surface area contributed by atoms with E-state index in [9.17, 15) is 19.4 Å². The molecule has 0 heterocycles. The van der Waals surface area contributed by atoms with E-state index in [-0.39, 0.29) is 19.1 Å². The normalized spacial score (nSPS) is 14.8. The number of nitrogens with zero attached hydrogens (tertiary/aromatic N) is 1. The summed E-state index contributed by atoms with van der Waals surface area (Å²) in [5, 5.41) is 13.9. The zero-order valence-corrected chi connectivity index (χ0v) is 43.6. The minimum atomic E-state index is -4.36. The quantitative estimate of drug-likeness (QED) is 0.0243. The predicted octanol–water partition coefficient (Wildman–Crippen LogP) is 15.7. The third-order valence-electron chi connectivity index (χ3n) is 11.4. The Kier molecular flexibility index (Phi) is 45.1. The molecule has 65 heavy (non-hydrogen) atoms. The number of amides is 1. The maximum atomic E-state index is 12.9. The highest BCUT2D eigenvalue weighted by atomic mass is 31.2. The molecule has 8 nitrogen and oxygen atoms in total. The molecule has 0 aliphatic carbocycles. The van der Waals surface area contributed by atoms with Gasteiger partial charge in [0.2, 0.25) is 5.91 Å². The van der Waals surface area contributed by atoms with Crippen LogP contribution >= 0.6 is 7.82 Å². The van der Waals surface area contributed by atoms with Crippen LogP contribution in [0.15, 0.2) is 85.1 Å². The number of hydrogen-bond donors (Lipinski definition) is 3. The maximum Gasteiger partial charge on any atom is 0.472 e. The summed E-state index contributed by atoms with van der Waals surface area (Å²) in [6, 6.07) is -0.875. The Bertz CT molecular complexity index is 1330. The molecule has 3 N–H and O–H groups in total. The second-order valence-corrected chi connectivity index (χ2v) is 20.3. The molecule has 0 aromatic carbocycles. The lowest BCUT2D eigenvalue weighted by atomic mass is 10.0. The molecule has 0 aromatic rings. The third-order valence-corrected chi connectivity index (χ3v) is 12.4. The van der Waals surface area contributed by atoms with Gasteiger partial charge in [-0.15, -0.1) is 0 Å². The molecule has 0 fully saturated rings. The monoisotopic (exact) mass is 930 g/mol. The molecule has 0 spiro atoms. The molecular weight excluding hydrogens is 828 g/mol. The number of quaternary nitrogens is 1. The number of carbonyl (C=O) groups excluding carboxylic acids is 1. The molecule has 0 bridgehead atoms. The van der Waals surface area contributed by atoms with Gasteiger partial charge in [-0.25, -0.2) is 4.57 Å². The number of nitrogens with one attached hydrogen (secondary N) is 1. The lowest BCUT2D eigenvalue weighted by molar-refractivity contribution is -0.870. The number of phosphoric acid groups is 1. The highest BCUT2D eigenvalue weighted by molar-refractivity contribution is 7.47. The van der Waals surface area contributed by atoms with Crippen molar-refractivity contribution in [3.63, 3.8) is 0 Å². The minimum Gasteiger partial charge on any atom is -0.387 e. The number of carbonyl (C=O) groups is 1. The first-order valence-corrected chi connectivity index (χ1v) is 28.0. The number of phosphoric ester groups is 1. The first-order chi connectivity index (χ1) is 31.5. The lowest BCUT2D eigenvalue weighted by Gasteiger charge is -2.25. The van der Waals surface area contributed by atoms with E-state index < -0.39 is 20.0 Å². The van der Waals surface area contributed by atoms with Crippen molar-refractivity contribution >= 4 is 13.7 Å². The number of rotatable bonds is 47. The van der Waals surface area contributed by atoms with Crippen molar-refractivity contribution < 1.29 is 32.9 Å². The SMILES string of the molecule is CC/C=C\C/C=C\C/C=C\C/C=C\C/C=C\C/C=C\CCCCC(=O)NC(COP(=O)(O)OCC[N+](C)(C)C)C(O)/C=C/CCCCCCCCCCCCCCCCCCCCCC. The summed E-state index contributed by atoms with van der Waals surface area (Å²) in [6.45, 7) is 4.67. The van der Waals surface area contributed by atoms with Crippen LogP contribution in [0.1, 0.15) is 213 Å². The topological polar surface area (TPSA) is 105 Å². The second kappa shape index (κ2) is 46.8. The van der Waals surface area contributed by atoms with Crippen molar-refractivity contribution in [3.05, 3.63) is 85.1 Å². The Hall–Kier alpha value is -2.32. The standard InChI is InChI=1S/C56H101N2O6P/c1-6-8-10-12-14-16-18-20-22-24-26-28-30-31-33-35-37-39-41-43-45-47-49-55(59)54(53-64-65(61,62)63-52-51-58(3,4)5)57-56(60)50-48-46-44-42-40-38-36-34-32-29-27-25-23-21-19-17-15-13-11-9-7-2/h9,11,15,17,21,23,27,29,34,36,40,42,47,49,54-55,59H,6-8,10,12-14,16,18-20,22,24-26,28,30-33,35,37-39,41,43-46,48,50-53H2,1-5H3,(H-,57,60,61,62)/p+1/b11-9-,17-15-,23-21-,29-27-,36-34-,42-40-,49-47+. The van der Waals surface area contributed by atoms with Crippen LogP contribution in [0.5, 0.6) is 0 Å². The molecule has 0 saturated heterocycles. The van der Waals surface area contributed by atoms with Crippen LogP contribution in [0.2, 0.25) is 0 Å². The van der Waals surface area contributed by atoms with Crippen molar-refractivity contribution in [3.8, 4) is 0 Å². The number of aliphatic hydroxyl groups excluding tert-OH is 1. The Morgan fingerprint density at radius 2 is 0.923 bits per heavy atom. The zero-order chi connectivity index (χ0) is 47.8. The number of unbranched alkanes of at least 4 members (excludes halogenated alkanes) is 22. The van der Waals surface area contributed by atoms with Crippen molar-refractivity contribution in [1.82, 2.24) is 5.32 Å². The van der Waals surface area contributed by atoms with Gasteiger partial charge in [-0.2, -0.15) is 0 Å². The Morgan fingerprint density at radius 3 is 1.35 bits per heavy atom. The van der Waals surface area contributed by atoms with Gasteiger partial charge in [0.1, 0.15) is 13.2 Å². The van der Waals surface area contributed by atoms with E-state index in [2.05, 4.69) is 92.1 Å². The van der Waals surface area contributed by atoms with E-state index >= 15 is 0 Å². The molecule has 1 amide bonds. The summed E-state index contributed by atoms with van der Waals surface area (Å²) < 4.78 is 23.6. The van der Waals surface area contributed by atoms with Crippen LogP contribution in [0.3, 0.4) is 0 Å². The highest BCUT2D eigenvalue weighted by Crippen LogP contribution is 2.43. The third kappa shape index (κ3) is 49.4. The van der Waals surface area contributed by atoms with Crippen molar-refractivity contribution in [2.75, 3.05) is 40.9 Å². The molecule has 0 aliphatic heterocycles. The van der Waals surface area contributed by atoms with E-state index in [0.717, 1.165) is 70.6 Å². The predicted molar refractivity (Wildman–Crippen MR) is 281 cm³/mol. The molecule has 0 aliphatic rings. The van der Waals surface area contributed by atoms with Gasteiger partial charge in [-0.05, 0) is 70.6 Å². The van der Waals surface area contributed by atoms with Gasteiger partial charge < -0.3 is 19.8 Å². The first-order valence-electron chi connectivity index (χ1n) is 26.5. The van der Waals surface area contributed by atoms with Gasteiger partial charge in [0, 0.05) is 6.42 Å². The van der Waals surface area contributed by atoms with Crippen molar-refractivity contribution in [1.29, 1.82) is 0 Å². The molecule has 0 saturated carbocycles. The van der Waals surface area contributed by atoms with Crippen molar-refractivity contribution in [2.45, 2.75) is 225 Å². The van der Waals surface area contributed by atoms with Crippen LogP contribution in [0.25, 0.3) is 0 Å². The molecule has 376 valence electrons. The molecular formula is C56H102N2O6P+. The van der Waals surface area contributed by atoms with Gasteiger partial charge >= 0.3 is 7.82 Å². The van der Waals surface area contributed by atoms with Gasteiger partial charge in [0.25, 0.3) is 0 Å². The lowest BCUT2D eigenvalue weighted by Crippen LogP contribution is -2.45. The van der Waals surface area contributed by atoms with E-state index in [4.69, 9.17) is 9.05 Å². The molecule has 9 heteroatoms. The van der Waals surface area contributed by atoms with Crippen LogP contribution in [-0.4, -0.2) is 73.4 Å². The van der Waals surface area contributed by atoms with Gasteiger partial charge in [0.05, 0.1) is 39.9 Å². The van der Waals surface area contributed by atoms with E-state index in [1.807, 2.05) is 27.2 Å². The molecule has 3 unspecified atom stereocenters. The Labute approximate surface area is 401 Å². The summed E-state index contributed by atoms with van der Waals surface area (Å²) in [6.07, 6.45) is 65.3. The van der Waals surface area contributed by atoms with Crippen LogP contribution in [-0.2, 0) is 18.4 Å². The largest absolute Gasteiger partial charge is 0.472 e. The molecule has 0 rings (SSSR count). The average molecular weight is 930 g/mol. The smallest absolute Gasteiger partial charge is 0.387 e. The van der Waals surface area contributed by atoms with Crippen molar-refractivity contribution in [2.24, 2.45) is 0 Å².